The van der Waals surface area contributed by atoms with Gasteiger partial charge in [0.15, 0.2) is 0 Å². The Morgan fingerprint density at radius 2 is 1.55 bits per heavy atom. The first-order valence-electron chi connectivity index (χ1n) is 7.88. The van der Waals surface area contributed by atoms with Crippen molar-refractivity contribution in [3.8, 4) is 0 Å². The fourth-order valence-corrected chi connectivity index (χ4v) is 4.06. The van der Waals surface area contributed by atoms with Crippen LogP contribution < -0.4 is 0 Å². The molecule has 0 atom stereocenters. The lowest BCUT2D eigenvalue weighted by Crippen LogP contribution is -1.87. The average Bonchev–Trinajstić information content (AvgIpc) is 2.96. The zero-order chi connectivity index (χ0) is 14.7. The Morgan fingerprint density at radius 1 is 0.773 bits per heavy atom. The zero-order valence-electron chi connectivity index (χ0n) is 12.6. The van der Waals surface area contributed by atoms with E-state index in [0.717, 1.165) is 6.42 Å². The summed E-state index contributed by atoms with van der Waals surface area (Å²) in [4.78, 5) is 0. The molecule has 0 bridgehead atoms. The van der Waals surface area contributed by atoms with Crippen molar-refractivity contribution in [3.05, 3.63) is 77.4 Å². The lowest BCUT2D eigenvalue weighted by molar-refractivity contribution is 1.28. The summed E-state index contributed by atoms with van der Waals surface area (Å²) >= 11 is 0. The van der Waals surface area contributed by atoms with Crippen molar-refractivity contribution in [3.63, 3.8) is 0 Å². The molecule has 22 heavy (non-hydrogen) atoms. The molecule has 0 aliphatic heterocycles. The molecule has 0 unspecified atom stereocenters. The molecule has 5 rings (SSSR count). The van der Waals surface area contributed by atoms with Gasteiger partial charge in [0.05, 0.1) is 0 Å². The summed E-state index contributed by atoms with van der Waals surface area (Å²) in [5, 5.41) is 8.43. The lowest BCUT2D eigenvalue weighted by atomic mass is 9.97. The first-order chi connectivity index (χ1) is 10.9. The van der Waals surface area contributed by atoms with E-state index in [9.17, 15) is 0 Å². The first-order valence-corrected chi connectivity index (χ1v) is 7.88. The van der Waals surface area contributed by atoms with Crippen LogP contribution in [0.2, 0.25) is 0 Å². The Kier molecular flexibility index (Phi) is 2.29. The molecule has 4 aromatic rings. The Labute approximate surface area is 129 Å². The van der Waals surface area contributed by atoms with Crippen LogP contribution in [-0.4, -0.2) is 0 Å². The van der Waals surface area contributed by atoms with Gasteiger partial charge in [-0.1, -0.05) is 60.7 Å². The minimum Gasteiger partial charge on any atom is -0.0871 e. The SMILES string of the molecule is C/C=C\c1ccc2ccc3cc4ccccc4c4c3c2c1C4. The number of benzene rings is 4. The molecular weight excluding hydrogens is 264 g/mol. The second-order valence-electron chi connectivity index (χ2n) is 6.15. The Hall–Kier alpha value is -2.60. The maximum atomic E-state index is 2.34. The van der Waals surface area contributed by atoms with Gasteiger partial charge in [-0.05, 0) is 68.4 Å². The van der Waals surface area contributed by atoms with Gasteiger partial charge in [0.2, 0.25) is 0 Å². The monoisotopic (exact) mass is 280 g/mol. The standard InChI is InChI=1S/C22H16/c1-2-5-14-8-9-15-10-11-17-12-16-6-3-4-7-18(16)20-13-19(14)21(15)22(17)20/h2-12H,13H2,1H3/b5-2-. The third kappa shape index (κ3) is 1.42. The van der Waals surface area contributed by atoms with Gasteiger partial charge in [-0.15, -0.1) is 0 Å². The minimum atomic E-state index is 1.05. The number of hydrogen-bond donors (Lipinski definition) is 0. The molecule has 0 aromatic heterocycles. The van der Waals surface area contributed by atoms with E-state index in [4.69, 9.17) is 0 Å². The van der Waals surface area contributed by atoms with Gasteiger partial charge in [0.1, 0.15) is 0 Å². The molecule has 104 valence electrons. The fraction of sp³-hybridized carbons (Fsp3) is 0.0909. The highest BCUT2D eigenvalue weighted by molar-refractivity contribution is 6.19. The molecule has 0 saturated carbocycles. The van der Waals surface area contributed by atoms with Crippen LogP contribution in [0.3, 0.4) is 0 Å². The van der Waals surface area contributed by atoms with E-state index in [2.05, 4.69) is 73.7 Å². The third-order valence-corrected chi connectivity index (χ3v) is 4.96. The van der Waals surface area contributed by atoms with Gasteiger partial charge in [0, 0.05) is 0 Å². The summed E-state index contributed by atoms with van der Waals surface area (Å²) in [5.74, 6) is 0. The molecule has 0 heteroatoms. The van der Waals surface area contributed by atoms with Crippen LogP contribution in [0.4, 0.5) is 0 Å². The summed E-state index contributed by atoms with van der Waals surface area (Å²) in [6, 6.07) is 20.2. The van der Waals surface area contributed by atoms with Crippen molar-refractivity contribution in [2.24, 2.45) is 0 Å². The largest absolute Gasteiger partial charge is 0.0871 e. The summed E-state index contributed by atoms with van der Waals surface area (Å²) in [6.45, 7) is 2.09. The second-order valence-corrected chi connectivity index (χ2v) is 6.15. The van der Waals surface area contributed by atoms with Crippen molar-refractivity contribution in [2.45, 2.75) is 13.3 Å². The average molecular weight is 280 g/mol. The second kappa shape index (κ2) is 4.20. The topological polar surface area (TPSA) is 0 Å². The fourth-order valence-electron chi connectivity index (χ4n) is 4.06. The van der Waals surface area contributed by atoms with Crippen molar-refractivity contribution >= 4 is 38.4 Å². The van der Waals surface area contributed by atoms with Crippen LogP contribution in [0.5, 0.6) is 0 Å². The molecule has 0 amide bonds. The molecule has 1 aliphatic rings. The van der Waals surface area contributed by atoms with E-state index in [-0.39, 0.29) is 0 Å². The summed E-state index contributed by atoms with van der Waals surface area (Å²) < 4.78 is 0. The molecule has 0 spiro atoms. The van der Waals surface area contributed by atoms with Crippen molar-refractivity contribution in [1.82, 2.24) is 0 Å². The summed E-state index contributed by atoms with van der Waals surface area (Å²) in [5.41, 5.74) is 4.36. The molecule has 0 heterocycles. The highest BCUT2D eigenvalue weighted by Gasteiger charge is 2.21. The van der Waals surface area contributed by atoms with Crippen molar-refractivity contribution in [1.29, 1.82) is 0 Å². The van der Waals surface area contributed by atoms with Gasteiger partial charge < -0.3 is 0 Å². The molecular formula is C22H16. The molecule has 0 nitrogen and oxygen atoms in total. The van der Waals surface area contributed by atoms with Gasteiger partial charge in [-0.2, -0.15) is 0 Å². The van der Waals surface area contributed by atoms with Gasteiger partial charge in [-0.25, -0.2) is 0 Å². The predicted octanol–water partition coefficient (Wildman–Crippen LogP) is 6.08. The van der Waals surface area contributed by atoms with Crippen LogP contribution in [0, 0.1) is 0 Å². The zero-order valence-corrected chi connectivity index (χ0v) is 12.6. The van der Waals surface area contributed by atoms with E-state index in [1.165, 1.54) is 49.0 Å². The highest BCUT2D eigenvalue weighted by Crippen LogP contribution is 2.43. The molecule has 0 radical (unpaired) electrons. The third-order valence-electron chi connectivity index (χ3n) is 4.96. The van der Waals surface area contributed by atoms with Gasteiger partial charge in [-0.3, -0.25) is 0 Å². The van der Waals surface area contributed by atoms with Crippen LogP contribution in [-0.2, 0) is 6.42 Å². The summed E-state index contributed by atoms with van der Waals surface area (Å²) in [6.07, 6.45) is 5.43. The number of allylic oxidation sites excluding steroid dienone is 1. The Balaban J connectivity index is 2.03. The Morgan fingerprint density at radius 3 is 2.45 bits per heavy atom. The maximum absolute atomic E-state index is 2.34. The molecule has 0 fully saturated rings. The maximum Gasteiger partial charge on any atom is -0.0000890 e. The molecule has 1 aliphatic carbocycles. The quantitative estimate of drug-likeness (QED) is 0.258. The number of hydrogen-bond acceptors (Lipinski definition) is 0. The normalized spacial score (nSPS) is 13.3. The van der Waals surface area contributed by atoms with E-state index in [0.29, 0.717) is 0 Å². The lowest BCUT2D eigenvalue weighted by Gasteiger charge is -2.07. The first kappa shape index (κ1) is 12.0. The van der Waals surface area contributed by atoms with Crippen LogP contribution in [0.25, 0.3) is 38.4 Å². The van der Waals surface area contributed by atoms with Crippen LogP contribution >= 0.6 is 0 Å². The van der Waals surface area contributed by atoms with Gasteiger partial charge >= 0.3 is 0 Å². The molecule has 0 N–H and O–H groups in total. The molecule has 4 aromatic carbocycles. The van der Waals surface area contributed by atoms with E-state index in [1.54, 1.807) is 0 Å². The van der Waals surface area contributed by atoms with Crippen LogP contribution in [0.15, 0.2) is 60.7 Å². The smallest absolute Gasteiger partial charge is 0.0000890 e. The summed E-state index contributed by atoms with van der Waals surface area (Å²) in [7, 11) is 0. The van der Waals surface area contributed by atoms with Crippen LogP contribution in [0.1, 0.15) is 23.6 Å². The van der Waals surface area contributed by atoms with E-state index in [1.807, 2.05) is 0 Å². The predicted molar refractivity (Wildman–Crippen MR) is 96.5 cm³/mol. The minimum absolute atomic E-state index is 1.05. The molecule has 0 saturated heterocycles. The van der Waals surface area contributed by atoms with E-state index < -0.39 is 0 Å². The van der Waals surface area contributed by atoms with Crippen molar-refractivity contribution in [2.75, 3.05) is 0 Å². The number of fused-ring (bicyclic) bond motifs is 2. The number of rotatable bonds is 1. The van der Waals surface area contributed by atoms with E-state index >= 15 is 0 Å². The Bertz CT molecular complexity index is 1100. The van der Waals surface area contributed by atoms with Crippen molar-refractivity contribution < 1.29 is 0 Å². The van der Waals surface area contributed by atoms with Gasteiger partial charge in [0.25, 0.3) is 0 Å². The highest BCUT2D eigenvalue weighted by atomic mass is 14.2.